The van der Waals surface area contributed by atoms with Crippen LogP contribution in [0.2, 0.25) is 0 Å². The molecule has 0 N–H and O–H groups in total. The Hall–Kier alpha value is -2.27. The number of ketones is 1. The minimum absolute atomic E-state index is 0.0209. The lowest BCUT2D eigenvalue weighted by molar-refractivity contribution is -0.129. The lowest BCUT2D eigenvalue weighted by Crippen LogP contribution is -2.34. The molecule has 1 aromatic carbocycles. The van der Waals surface area contributed by atoms with Gasteiger partial charge in [0.25, 0.3) is 5.91 Å². The quantitative estimate of drug-likeness (QED) is 0.696. The molecule has 0 spiro atoms. The summed E-state index contributed by atoms with van der Waals surface area (Å²) < 4.78 is 0. The van der Waals surface area contributed by atoms with Gasteiger partial charge in [0.05, 0.1) is 11.4 Å². The number of carbonyl (C=O) groups is 2. The lowest BCUT2D eigenvalue weighted by Gasteiger charge is -2.14. The Balaban J connectivity index is 1.71. The predicted molar refractivity (Wildman–Crippen MR) is 102 cm³/mol. The van der Waals surface area contributed by atoms with Gasteiger partial charge in [0.2, 0.25) is 0 Å². The van der Waals surface area contributed by atoms with Crippen molar-refractivity contribution in [3.05, 3.63) is 52.7 Å². The molecule has 1 aliphatic heterocycles. The summed E-state index contributed by atoms with van der Waals surface area (Å²) in [6.45, 7) is 3.96. The van der Waals surface area contributed by atoms with Crippen LogP contribution in [-0.4, -0.2) is 17.4 Å². The van der Waals surface area contributed by atoms with Crippen molar-refractivity contribution >= 4 is 34.4 Å². The van der Waals surface area contributed by atoms with Crippen LogP contribution in [0, 0.1) is 11.8 Å². The van der Waals surface area contributed by atoms with E-state index in [0.29, 0.717) is 17.8 Å². The van der Waals surface area contributed by atoms with Crippen LogP contribution < -0.4 is 5.01 Å². The number of hydrazone groups is 1. The van der Waals surface area contributed by atoms with Crippen molar-refractivity contribution in [1.29, 1.82) is 0 Å². The van der Waals surface area contributed by atoms with Crippen molar-refractivity contribution in [2.24, 2.45) is 16.9 Å². The van der Waals surface area contributed by atoms with Crippen molar-refractivity contribution in [3.63, 3.8) is 0 Å². The number of benzene rings is 1. The Bertz CT molecular complexity index is 766. The number of Topliss-reactive ketones (excluding diaryl/α,β-unsaturated/α-hetero) is 1. The maximum Gasteiger partial charge on any atom is 0.263 e. The average molecular weight is 354 g/mol. The molecule has 0 saturated heterocycles. The number of hydrogen-bond acceptors (Lipinski definition) is 4. The number of amides is 1. The SMILES string of the molecule is CC(C)C1=NN(c2ccccc2)C(=O)[C@@H]1C(=O)CCCc1cccs1. The van der Waals surface area contributed by atoms with Gasteiger partial charge in [-0.2, -0.15) is 10.1 Å². The van der Waals surface area contributed by atoms with Crippen LogP contribution in [0.1, 0.15) is 31.6 Å². The van der Waals surface area contributed by atoms with Crippen LogP contribution in [0.3, 0.4) is 0 Å². The largest absolute Gasteiger partial charge is 0.298 e. The van der Waals surface area contributed by atoms with E-state index < -0.39 is 5.92 Å². The average Bonchev–Trinajstić information content (AvgIpc) is 3.23. The normalized spacial score (nSPS) is 17.2. The lowest BCUT2D eigenvalue weighted by atomic mass is 9.88. The molecule has 130 valence electrons. The van der Waals surface area contributed by atoms with Crippen LogP contribution >= 0.6 is 11.3 Å². The standard InChI is InChI=1S/C20H22N2O2S/c1-14(2)19-18(17(23)12-6-10-16-11-7-13-25-16)20(24)22(21-19)15-8-4-3-5-9-15/h3-5,7-9,11,13-14,18H,6,10,12H2,1-2H3/t18-/m1/s1. The van der Waals surface area contributed by atoms with Crippen LogP contribution in [0.25, 0.3) is 0 Å². The molecule has 5 heteroatoms. The van der Waals surface area contributed by atoms with Gasteiger partial charge in [0.15, 0.2) is 5.78 Å². The van der Waals surface area contributed by atoms with Gasteiger partial charge < -0.3 is 0 Å². The molecule has 1 aromatic heterocycles. The third-order valence-corrected chi connectivity index (χ3v) is 5.24. The first-order valence-corrected chi connectivity index (χ1v) is 9.48. The molecule has 3 rings (SSSR count). The molecule has 0 bridgehead atoms. The summed E-state index contributed by atoms with van der Waals surface area (Å²) in [5.74, 6) is -0.920. The molecule has 0 fully saturated rings. The summed E-state index contributed by atoms with van der Waals surface area (Å²) in [7, 11) is 0. The van der Waals surface area contributed by atoms with E-state index in [-0.39, 0.29) is 17.6 Å². The van der Waals surface area contributed by atoms with E-state index in [9.17, 15) is 9.59 Å². The minimum Gasteiger partial charge on any atom is -0.298 e. The molecule has 2 aromatic rings. The fraction of sp³-hybridized carbons (Fsp3) is 0.350. The smallest absolute Gasteiger partial charge is 0.263 e. The van der Waals surface area contributed by atoms with E-state index >= 15 is 0 Å². The van der Waals surface area contributed by atoms with Crippen molar-refractivity contribution in [2.45, 2.75) is 33.1 Å². The number of carbonyl (C=O) groups excluding carboxylic acids is 2. The fourth-order valence-corrected chi connectivity index (χ4v) is 3.76. The van der Waals surface area contributed by atoms with Gasteiger partial charge in [0, 0.05) is 11.3 Å². The van der Waals surface area contributed by atoms with E-state index in [4.69, 9.17) is 0 Å². The van der Waals surface area contributed by atoms with Gasteiger partial charge in [0.1, 0.15) is 5.92 Å². The number of para-hydroxylation sites is 1. The molecular weight excluding hydrogens is 332 g/mol. The highest BCUT2D eigenvalue weighted by Gasteiger charge is 2.41. The highest BCUT2D eigenvalue weighted by Crippen LogP contribution is 2.28. The van der Waals surface area contributed by atoms with Gasteiger partial charge in [-0.25, -0.2) is 0 Å². The summed E-state index contributed by atoms with van der Waals surface area (Å²) in [5, 5.41) is 7.91. The van der Waals surface area contributed by atoms with Gasteiger partial charge in [-0.15, -0.1) is 11.3 Å². The van der Waals surface area contributed by atoms with Gasteiger partial charge in [-0.05, 0) is 42.3 Å². The number of hydrogen-bond donors (Lipinski definition) is 0. The zero-order chi connectivity index (χ0) is 17.8. The van der Waals surface area contributed by atoms with Crippen LogP contribution in [-0.2, 0) is 16.0 Å². The zero-order valence-electron chi connectivity index (χ0n) is 14.5. The minimum atomic E-state index is -0.733. The Labute approximate surface area is 152 Å². The second kappa shape index (κ2) is 7.74. The molecule has 1 amide bonds. The maximum atomic E-state index is 12.8. The Morgan fingerprint density at radius 2 is 1.96 bits per heavy atom. The molecule has 25 heavy (non-hydrogen) atoms. The number of aryl methyl sites for hydroxylation is 1. The summed E-state index contributed by atoms with van der Waals surface area (Å²) in [6.07, 6.45) is 2.05. The molecule has 4 nitrogen and oxygen atoms in total. The summed E-state index contributed by atoms with van der Waals surface area (Å²) in [4.78, 5) is 26.9. The molecule has 2 heterocycles. The third kappa shape index (κ3) is 3.87. The van der Waals surface area contributed by atoms with Crippen molar-refractivity contribution in [2.75, 3.05) is 5.01 Å². The first-order chi connectivity index (χ1) is 12.1. The first kappa shape index (κ1) is 17.5. The Morgan fingerprint density at radius 3 is 2.60 bits per heavy atom. The molecule has 0 aliphatic carbocycles. The van der Waals surface area contributed by atoms with Crippen molar-refractivity contribution in [1.82, 2.24) is 0 Å². The first-order valence-electron chi connectivity index (χ1n) is 8.60. The highest BCUT2D eigenvalue weighted by atomic mass is 32.1. The molecule has 1 atom stereocenters. The number of nitrogens with zero attached hydrogens (tertiary/aromatic N) is 2. The summed E-state index contributed by atoms with van der Waals surface area (Å²) in [6, 6.07) is 13.4. The predicted octanol–water partition coefficient (Wildman–Crippen LogP) is 4.31. The van der Waals surface area contributed by atoms with Gasteiger partial charge in [-0.1, -0.05) is 38.1 Å². The monoisotopic (exact) mass is 354 g/mol. The second-order valence-electron chi connectivity index (χ2n) is 6.50. The molecule has 0 radical (unpaired) electrons. The van der Waals surface area contributed by atoms with E-state index in [2.05, 4.69) is 11.2 Å². The molecular formula is C20H22N2O2S. The molecule has 1 aliphatic rings. The number of rotatable bonds is 7. The number of anilines is 1. The number of thiophene rings is 1. The molecule has 0 unspecified atom stereocenters. The third-order valence-electron chi connectivity index (χ3n) is 4.31. The second-order valence-corrected chi connectivity index (χ2v) is 7.53. The van der Waals surface area contributed by atoms with Crippen LogP contribution in [0.4, 0.5) is 5.69 Å². The summed E-state index contributed by atoms with van der Waals surface area (Å²) >= 11 is 1.70. The highest BCUT2D eigenvalue weighted by molar-refractivity contribution is 7.09. The fourth-order valence-electron chi connectivity index (χ4n) is 3.01. The Morgan fingerprint density at radius 1 is 1.20 bits per heavy atom. The van der Waals surface area contributed by atoms with E-state index in [0.717, 1.165) is 12.8 Å². The van der Waals surface area contributed by atoms with Crippen molar-refractivity contribution < 1.29 is 9.59 Å². The molecule has 0 saturated carbocycles. The van der Waals surface area contributed by atoms with Crippen molar-refractivity contribution in [3.8, 4) is 0 Å². The van der Waals surface area contributed by atoms with Gasteiger partial charge >= 0.3 is 0 Å². The summed E-state index contributed by atoms with van der Waals surface area (Å²) in [5.41, 5.74) is 1.38. The zero-order valence-corrected chi connectivity index (χ0v) is 15.3. The van der Waals surface area contributed by atoms with Gasteiger partial charge in [-0.3, -0.25) is 9.59 Å². The Kier molecular flexibility index (Phi) is 5.43. The van der Waals surface area contributed by atoms with E-state index in [1.54, 1.807) is 11.3 Å². The topological polar surface area (TPSA) is 49.7 Å². The van der Waals surface area contributed by atoms with Crippen LogP contribution in [0.5, 0.6) is 0 Å². The van der Waals surface area contributed by atoms with E-state index in [1.165, 1.54) is 9.89 Å². The van der Waals surface area contributed by atoms with E-state index in [1.807, 2.05) is 55.6 Å². The van der Waals surface area contributed by atoms with Crippen LogP contribution in [0.15, 0.2) is 52.9 Å². The maximum absolute atomic E-state index is 12.8.